The Kier molecular flexibility index (Phi) is 2.90. The summed E-state index contributed by atoms with van der Waals surface area (Å²) >= 11 is 0. The van der Waals surface area contributed by atoms with Crippen LogP contribution in [0.1, 0.15) is 24.8 Å². The Morgan fingerprint density at radius 3 is 2.88 bits per heavy atom. The third kappa shape index (κ3) is 2.23. The van der Waals surface area contributed by atoms with Crippen LogP contribution in [-0.2, 0) is 16.1 Å². The van der Waals surface area contributed by atoms with Crippen molar-refractivity contribution in [3.63, 3.8) is 0 Å². The maximum Gasteiger partial charge on any atom is 0.0975 e. The molecule has 1 aliphatic heterocycles. The number of hydrogen-bond donors (Lipinski definition) is 1. The zero-order chi connectivity index (χ0) is 11.7. The lowest BCUT2D eigenvalue weighted by atomic mass is 10.2. The Balaban J connectivity index is 1.50. The maximum absolute atomic E-state index is 9.05. The van der Waals surface area contributed by atoms with Crippen LogP contribution in [0.2, 0.25) is 0 Å². The molecule has 2 fully saturated rings. The molecule has 3 nitrogen and oxygen atoms in total. The van der Waals surface area contributed by atoms with Gasteiger partial charge in [0, 0.05) is 6.42 Å². The highest BCUT2D eigenvalue weighted by atomic mass is 16.6. The number of ether oxygens (including phenoxy) is 2. The van der Waals surface area contributed by atoms with Crippen molar-refractivity contribution in [1.82, 2.24) is 0 Å². The molecule has 92 valence electrons. The van der Waals surface area contributed by atoms with Crippen molar-refractivity contribution in [2.24, 2.45) is 0 Å². The summed E-state index contributed by atoms with van der Waals surface area (Å²) in [6.07, 6.45) is 3.22. The van der Waals surface area contributed by atoms with E-state index in [1.807, 2.05) is 18.2 Å². The average molecular weight is 234 g/mol. The van der Waals surface area contributed by atoms with E-state index in [9.17, 15) is 0 Å². The normalized spacial score (nSPS) is 35.4. The third-order valence-electron chi connectivity index (χ3n) is 3.75. The summed E-state index contributed by atoms with van der Waals surface area (Å²) in [6.45, 7) is 0.785. The van der Waals surface area contributed by atoms with E-state index in [0.29, 0.717) is 6.61 Å². The van der Waals surface area contributed by atoms with Gasteiger partial charge in [-0.25, -0.2) is 0 Å². The van der Waals surface area contributed by atoms with Crippen LogP contribution in [0.3, 0.4) is 0 Å². The van der Waals surface area contributed by atoms with Gasteiger partial charge >= 0.3 is 0 Å². The highest BCUT2D eigenvalue weighted by molar-refractivity contribution is 5.15. The van der Waals surface area contributed by atoms with Crippen molar-refractivity contribution in [2.75, 3.05) is 6.61 Å². The molecule has 1 aromatic carbocycles. The van der Waals surface area contributed by atoms with Crippen molar-refractivity contribution < 1.29 is 14.6 Å². The molecule has 0 bridgehead atoms. The van der Waals surface area contributed by atoms with E-state index in [1.165, 1.54) is 5.56 Å². The number of hydrogen-bond acceptors (Lipinski definition) is 3. The summed E-state index contributed by atoms with van der Waals surface area (Å²) in [4.78, 5) is 0. The van der Waals surface area contributed by atoms with Gasteiger partial charge in [0.2, 0.25) is 0 Å². The zero-order valence-corrected chi connectivity index (χ0v) is 9.84. The molecule has 1 aromatic rings. The van der Waals surface area contributed by atoms with Crippen molar-refractivity contribution in [2.45, 2.75) is 43.7 Å². The van der Waals surface area contributed by atoms with E-state index < -0.39 is 0 Å². The SMILES string of the molecule is OCC1CCC2(CC2OCc2ccccc2)O1. The van der Waals surface area contributed by atoms with Crippen LogP contribution in [0.25, 0.3) is 0 Å². The predicted molar refractivity (Wildman–Crippen MR) is 63.6 cm³/mol. The first-order valence-electron chi connectivity index (χ1n) is 6.27. The van der Waals surface area contributed by atoms with E-state index in [2.05, 4.69) is 12.1 Å². The second kappa shape index (κ2) is 4.41. The van der Waals surface area contributed by atoms with E-state index in [-0.39, 0.29) is 24.4 Å². The van der Waals surface area contributed by atoms with Gasteiger partial charge in [0.25, 0.3) is 0 Å². The van der Waals surface area contributed by atoms with Gasteiger partial charge in [0.05, 0.1) is 31.0 Å². The largest absolute Gasteiger partial charge is 0.394 e. The van der Waals surface area contributed by atoms with E-state index in [4.69, 9.17) is 14.6 Å². The molecule has 1 saturated carbocycles. The minimum absolute atomic E-state index is 0.0281. The first-order valence-corrected chi connectivity index (χ1v) is 6.27. The molecule has 2 aliphatic rings. The Labute approximate surface area is 101 Å². The van der Waals surface area contributed by atoms with Crippen molar-refractivity contribution in [1.29, 1.82) is 0 Å². The predicted octanol–water partition coefficient (Wildman–Crippen LogP) is 1.89. The summed E-state index contributed by atoms with van der Waals surface area (Å²) in [5.41, 5.74) is 1.13. The van der Waals surface area contributed by atoms with Crippen LogP contribution < -0.4 is 0 Å². The van der Waals surface area contributed by atoms with Gasteiger partial charge in [0.1, 0.15) is 0 Å². The summed E-state index contributed by atoms with van der Waals surface area (Å²) in [6, 6.07) is 10.2. The number of aliphatic hydroxyl groups excluding tert-OH is 1. The summed E-state index contributed by atoms with van der Waals surface area (Å²) < 4.78 is 11.7. The minimum Gasteiger partial charge on any atom is -0.394 e. The fourth-order valence-corrected chi connectivity index (χ4v) is 2.61. The van der Waals surface area contributed by atoms with Crippen LogP contribution >= 0.6 is 0 Å². The van der Waals surface area contributed by atoms with E-state index in [1.54, 1.807) is 0 Å². The van der Waals surface area contributed by atoms with Crippen LogP contribution in [0.4, 0.5) is 0 Å². The molecular formula is C14H18O3. The maximum atomic E-state index is 9.05. The molecule has 3 rings (SSSR count). The van der Waals surface area contributed by atoms with Gasteiger partial charge in [0.15, 0.2) is 0 Å². The van der Waals surface area contributed by atoms with Gasteiger partial charge in [-0.1, -0.05) is 30.3 Å². The van der Waals surface area contributed by atoms with Gasteiger partial charge in [-0.05, 0) is 18.4 Å². The highest BCUT2D eigenvalue weighted by Gasteiger charge is 2.60. The Morgan fingerprint density at radius 2 is 2.18 bits per heavy atom. The van der Waals surface area contributed by atoms with E-state index >= 15 is 0 Å². The standard InChI is InChI=1S/C14H18O3/c15-9-12-6-7-14(17-12)8-13(14)16-10-11-4-2-1-3-5-11/h1-5,12-13,15H,6-10H2. The van der Waals surface area contributed by atoms with Crippen LogP contribution in [0.15, 0.2) is 30.3 Å². The van der Waals surface area contributed by atoms with Crippen LogP contribution in [-0.4, -0.2) is 29.5 Å². The molecular weight excluding hydrogens is 216 g/mol. The molecule has 0 amide bonds. The third-order valence-corrected chi connectivity index (χ3v) is 3.75. The fourth-order valence-electron chi connectivity index (χ4n) is 2.61. The molecule has 17 heavy (non-hydrogen) atoms. The van der Waals surface area contributed by atoms with Crippen molar-refractivity contribution in [3.05, 3.63) is 35.9 Å². The lowest BCUT2D eigenvalue weighted by Gasteiger charge is -2.12. The summed E-state index contributed by atoms with van der Waals surface area (Å²) in [7, 11) is 0. The summed E-state index contributed by atoms with van der Waals surface area (Å²) in [5, 5.41) is 9.05. The first-order chi connectivity index (χ1) is 8.32. The van der Waals surface area contributed by atoms with Gasteiger partial charge < -0.3 is 14.6 Å². The topological polar surface area (TPSA) is 38.7 Å². The van der Waals surface area contributed by atoms with Crippen LogP contribution in [0.5, 0.6) is 0 Å². The molecule has 1 spiro atoms. The zero-order valence-electron chi connectivity index (χ0n) is 9.84. The van der Waals surface area contributed by atoms with Gasteiger partial charge in [-0.15, -0.1) is 0 Å². The Bertz CT molecular complexity index is 378. The second-order valence-corrected chi connectivity index (χ2v) is 5.02. The molecule has 3 heteroatoms. The first kappa shape index (κ1) is 11.2. The Hall–Kier alpha value is -0.900. The lowest BCUT2D eigenvalue weighted by Crippen LogP contribution is -2.19. The lowest BCUT2D eigenvalue weighted by molar-refractivity contribution is -0.0404. The summed E-state index contributed by atoms with van der Waals surface area (Å²) in [5.74, 6) is 0. The average Bonchev–Trinajstić information content (AvgIpc) is 2.87. The molecule has 1 saturated heterocycles. The number of benzene rings is 1. The van der Waals surface area contributed by atoms with Gasteiger partial charge in [-0.3, -0.25) is 0 Å². The molecule has 1 aliphatic carbocycles. The molecule has 3 unspecified atom stereocenters. The van der Waals surface area contributed by atoms with Crippen molar-refractivity contribution >= 4 is 0 Å². The number of aliphatic hydroxyl groups is 1. The molecule has 0 aromatic heterocycles. The smallest absolute Gasteiger partial charge is 0.0975 e. The number of rotatable bonds is 4. The van der Waals surface area contributed by atoms with E-state index in [0.717, 1.165) is 19.3 Å². The fraction of sp³-hybridized carbons (Fsp3) is 0.571. The highest BCUT2D eigenvalue weighted by Crippen LogP contribution is 2.51. The van der Waals surface area contributed by atoms with Crippen molar-refractivity contribution in [3.8, 4) is 0 Å². The monoisotopic (exact) mass is 234 g/mol. The quantitative estimate of drug-likeness (QED) is 0.864. The molecule has 0 radical (unpaired) electrons. The van der Waals surface area contributed by atoms with Crippen LogP contribution in [0, 0.1) is 0 Å². The van der Waals surface area contributed by atoms with Gasteiger partial charge in [-0.2, -0.15) is 0 Å². The molecule has 1 N–H and O–H groups in total. The Morgan fingerprint density at radius 1 is 1.35 bits per heavy atom. The molecule has 3 atom stereocenters. The second-order valence-electron chi connectivity index (χ2n) is 5.02. The minimum atomic E-state index is -0.0673. The molecule has 1 heterocycles.